The van der Waals surface area contributed by atoms with Gasteiger partial charge in [-0.3, -0.25) is 0 Å². The molecule has 0 rings (SSSR count). The van der Waals surface area contributed by atoms with E-state index in [0.717, 1.165) is 12.8 Å². The zero-order valence-corrected chi connectivity index (χ0v) is 6.92. The molecular weight excluding hydrogens is 126 g/mol. The highest BCUT2D eigenvalue weighted by atomic mass is 16.5. The summed E-state index contributed by atoms with van der Waals surface area (Å²) in [6, 6.07) is 2.08. The summed E-state index contributed by atoms with van der Waals surface area (Å²) in [6.07, 6.45) is 1.71. The molecule has 0 aliphatic heterocycles. The van der Waals surface area contributed by atoms with Crippen molar-refractivity contribution in [1.29, 1.82) is 5.26 Å². The predicted octanol–water partition coefficient (Wildman–Crippen LogP) is 1.96. The Balaban J connectivity index is 3.38. The Morgan fingerprint density at radius 2 is 2.00 bits per heavy atom. The second-order valence-electron chi connectivity index (χ2n) is 2.82. The Kier molecular flexibility index (Phi) is 4.96. The predicted molar refractivity (Wildman–Crippen MR) is 40.5 cm³/mol. The van der Waals surface area contributed by atoms with Crippen molar-refractivity contribution < 1.29 is 4.74 Å². The van der Waals surface area contributed by atoms with Crippen LogP contribution in [-0.4, -0.2) is 13.2 Å². The van der Waals surface area contributed by atoms with Crippen LogP contribution in [0.3, 0.4) is 0 Å². The fraction of sp³-hybridized carbons (Fsp3) is 0.875. The van der Waals surface area contributed by atoms with Crippen molar-refractivity contribution in [2.75, 3.05) is 7.11 Å². The molecule has 0 radical (unpaired) electrons. The lowest BCUT2D eigenvalue weighted by molar-refractivity contribution is 0.134. The highest BCUT2D eigenvalue weighted by molar-refractivity contribution is 4.83. The monoisotopic (exact) mass is 141 g/mol. The summed E-state index contributed by atoms with van der Waals surface area (Å²) in [7, 11) is 1.58. The third-order valence-corrected chi connectivity index (χ3v) is 1.43. The number of methoxy groups -OCH3 is 1. The molecular formula is C8H15NO. The lowest BCUT2D eigenvalue weighted by Gasteiger charge is -2.07. The lowest BCUT2D eigenvalue weighted by atomic mass is 10.1. The van der Waals surface area contributed by atoms with E-state index in [1.54, 1.807) is 7.11 Å². The summed E-state index contributed by atoms with van der Waals surface area (Å²) >= 11 is 0. The number of hydrogen-bond donors (Lipinski definition) is 0. The molecule has 58 valence electrons. The second-order valence-corrected chi connectivity index (χ2v) is 2.82. The number of nitrogens with zero attached hydrogens (tertiary/aromatic N) is 1. The van der Waals surface area contributed by atoms with Gasteiger partial charge in [0.25, 0.3) is 0 Å². The molecule has 10 heavy (non-hydrogen) atoms. The van der Waals surface area contributed by atoms with Gasteiger partial charge in [-0.25, -0.2) is 0 Å². The fourth-order valence-electron chi connectivity index (χ4n) is 0.720. The summed E-state index contributed by atoms with van der Waals surface area (Å²) in [6.45, 7) is 4.29. The van der Waals surface area contributed by atoms with Gasteiger partial charge in [-0.1, -0.05) is 13.8 Å². The second kappa shape index (κ2) is 5.25. The first-order chi connectivity index (χ1) is 4.70. The number of ether oxygens (including phenoxy) is 1. The first kappa shape index (κ1) is 9.45. The van der Waals surface area contributed by atoms with Crippen LogP contribution in [0.2, 0.25) is 0 Å². The molecule has 0 aliphatic rings. The maximum Gasteiger partial charge on any atom is 0.143 e. The summed E-state index contributed by atoms with van der Waals surface area (Å²) < 4.78 is 4.89. The Labute approximate surface area is 62.8 Å². The van der Waals surface area contributed by atoms with Gasteiger partial charge in [0.1, 0.15) is 6.10 Å². The first-order valence-corrected chi connectivity index (χ1v) is 3.63. The smallest absolute Gasteiger partial charge is 0.143 e. The van der Waals surface area contributed by atoms with E-state index in [1.807, 2.05) is 0 Å². The Morgan fingerprint density at radius 1 is 1.40 bits per heavy atom. The van der Waals surface area contributed by atoms with Gasteiger partial charge >= 0.3 is 0 Å². The Bertz CT molecular complexity index is 115. The average molecular weight is 141 g/mol. The quantitative estimate of drug-likeness (QED) is 0.599. The minimum Gasteiger partial charge on any atom is -0.367 e. The van der Waals surface area contributed by atoms with Gasteiger partial charge in [0.2, 0.25) is 0 Å². The maximum atomic E-state index is 8.46. The molecule has 0 saturated heterocycles. The Morgan fingerprint density at radius 3 is 2.30 bits per heavy atom. The van der Waals surface area contributed by atoms with E-state index in [1.165, 1.54) is 0 Å². The van der Waals surface area contributed by atoms with Crippen LogP contribution in [0.25, 0.3) is 0 Å². The van der Waals surface area contributed by atoms with E-state index < -0.39 is 0 Å². The Hall–Kier alpha value is -0.550. The summed E-state index contributed by atoms with van der Waals surface area (Å²) in [4.78, 5) is 0. The number of nitriles is 1. The normalized spacial score (nSPS) is 13.1. The molecule has 0 aromatic rings. The molecule has 0 spiro atoms. The van der Waals surface area contributed by atoms with Gasteiger partial charge in [0, 0.05) is 7.11 Å². The van der Waals surface area contributed by atoms with Gasteiger partial charge in [0.05, 0.1) is 6.07 Å². The minimum absolute atomic E-state index is 0.206. The molecule has 0 saturated carbocycles. The van der Waals surface area contributed by atoms with Crippen molar-refractivity contribution in [2.45, 2.75) is 32.8 Å². The summed E-state index contributed by atoms with van der Waals surface area (Å²) in [5.41, 5.74) is 0. The van der Waals surface area contributed by atoms with E-state index in [-0.39, 0.29) is 6.10 Å². The fourth-order valence-corrected chi connectivity index (χ4v) is 0.720. The van der Waals surface area contributed by atoms with Crippen molar-refractivity contribution in [2.24, 2.45) is 5.92 Å². The van der Waals surface area contributed by atoms with Crippen LogP contribution in [0.5, 0.6) is 0 Å². The van der Waals surface area contributed by atoms with Crippen molar-refractivity contribution in [3.05, 3.63) is 0 Å². The van der Waals surface area contributed by atoms with Crippen LogP contribution in [0.15, 0.2) is 0 Å². The van der Waals surface area contributed by atoms with Crippen molar-refractivity contribution in [3.63, 3.8) is 0 Å². The molecule has 0 aliphatic carbocycles. The average Bonchev–Trinajstić information content (AvgIpc) is 1.90. The molecule has 1 atom stereocenters. The van der Waals surface area contributed by atoms with E-state index in [4.69, 9.17) is 10.00 Å². The van der Waals surface area contributed by atoms with Crippen LogP contribution in [0, 0.1) is 17.2 Å². The topological polar surface area (TPSA) is 33.0 Å². The van der Waals surface area contributed by atoms with E-state index in [9.17, 15) is 0 Å². The summed E-state index contributed by atoms with van der Waals surface area (Å²) in [5, 5.41) is 8.46. The van der Waals surface area contributed by atoms with Crippen LogP contribution in [-0.2, 0) is 4.74 Å². The molecule has 2 heteroatoms. The molecule has 0 N–H and O–H groups in total. The van der Waals surface area contributed by atoms with Gasteiger partial charge in [0.15, 0.2) is 0 Å². The zero-order chi connectivity index (χ0) is 7.98. The van der Waals surface area contributed by atoms with Gasteiger partial charge in [-0.05, 0) is 18.8 Å². The highest BCUT2D eigenvalue weighted by Gasteiger charge is 2.05. The largest absolute Gasteiger partial charge is 0.367 e. The molecule has 1 unspecified atom stereocenters. The third-order valence-electron chi connectivity index (χ3n) is 1.43. The maximum absolute atomic E-state index is 8.46. The first-order valence-electron chi connectivity index (χ1n) is 3.63. The lowest BCUT2D eigenvalue weighted by Crippen LogP contribution is -2.08. The molecule has 0 heterocycles. The zero-order valence-electron chi connectivity index (χ0n) is 6.92. The van der Waals surface area contributed by atoms with Crippen molar-refractivity contribution >= 4 is 0 Å². The SMILES string of the molecule is COC(C#N)CCC(C)C. The molecule has 0 aromatic carbocycles. The minimum atomic E-state index is -0.206. The van der Waals surface area contributed by atoms with E-state index >= 15 is 0 Å². The van der Waals surface area contributed by atoms with Gasteiger partial charge in [-0.15, -0.1) is 0 Å². The number of hydrogen-bond acceptors (Lipinski definition) is 2. The van der Waals surface area contributed by atoms with Crippen LogP contribution >= 0.6 is 0 Å². The highest BCUT2D eigenvalue weighted by Crippen LogP contribution is 2.07. The number of rotatable bonds is 4. The van der Waals surface area contributed by atoms with Gasteiger partial charge in [-0.2, -0.15) is 5.26 Å². The van der Waals surface area contributed by atoms with Crippen molar-refractivity contribution in [1.82, 2.24) is 0 Å². The molecule has 0 aromatic heterocycles. The van der Waals surface area contributed by atoms with E-state index in [2.05, 4.69) is 19.9 Å². The summed E-state index contributed by atoms with van der Waals surface area (Å²) in [5.74, 6) is 0.658. The standard InChI is InChI=1S/C8H15NO/c1-7(2)4-5-8(6-9)10-3/h7-8H,4-5H2,1-3H3. The van der Waals surface area contributed by atoms with E-state index in [0.29, 0.717) is 5.92 Å². The molecule has 0 bridgehead atoms. The van der Waals surface area contributed by atoms with Crippen LogP contribution in [0.4, 0.5) is 0 Å². The van der Waals surface area contributed by atoms with Crippen LogP contribution in [0.1, 0.15) is 26.7 Å². The molecule has 0 amide bonds. The third kappa shape index (κ3) is 4.34. The van der Waals surface area contributed by atoms with Crippen molar-refractivity contribution in [3.8, 4) is 6.07 Å². The van der Waals surface area contributed by atoms with Crippen LogP contribution < -0.4 is 0 Å². The molecule has 0 fully saturated rings. The molecule has 2 nitrogen and oxygen atoms in total. The van der Waals surface area contributed by atoms with Gasteiger partial charge < -0.3 is 4.74 Å².